The maximum Gasteiger partial charge on any atom is 0.277 e. The molecule has 6 nitrogen and oxygen atoms in total. The Morgan fingerprint density at radius 2 is 1.80 bits per heavy atom. The van der Waals surface area contributed by atoms with Crippen molar-refractivity contribution in [1.82, 2.24) is 19.9 Å². The minimum Gasteiger partial charge on any atom is -0.390 e. The molecule has 0 saturated heterocycles. The molecule has 0 aliphatic carbocycles. The number of hydrogen-bond donors (Lipinski definition) is 1. The zero-order valence-electron chi connectivity index (χ0n) is 13.9. The van der Waals surface area contributed by atoms with Crippen LogP contribution in [0.25, 0.3) is 10.9 Å². The Kier molecular flexibility index (Phi) is 4.29. The van der Waals surface area contributed by atoms with E-state index in [1.54, 1.807) is 18.2 Å². The van der Waals surface area contributed by atoms with Gasteiger partial charge in [0.2, 0.25) is 0 Å². The number of rotatable bonds is 4. The third-order valence-corrected chi connectivity index (χ3v) is 4.69. The van der Waals surface area contributed by atoms with E-state index < -0.39 is 6.10 Å². The summed E-state index contributed by atoms with van der Waals surface area (Å²) in [4.78, 5) is 14.7. The van der Waals surface area contributed by atoms with Crippen LogP contribution in [0, 0.1) is 0 Å². The van der Waals surface area contributed by atoms with Crippen LogP contribution in [-0.4, -0.2) is 44.2 Å². The fourth-order valence-electron chi connectivity index (χ4n) is 3.41. The third kappa shape index (κ3) is 3.31. The van der Waals surface area contributed by atoms with E-state index in [0.717, 1.165) is 19.5 Å². The number of β-amino-alcohol motifs (C(OH)–C–C–N with tert-alkyl or cyclic N) is 1. The van der Waals surface area contributed by atoms with Crippen LogP contribution in [0.2, 0.25) is 0 Å². The largest absolute Gasteiger partial charge is 0.390 e. The highest BCUT2D eigenvalue weighted by Crippen LogP contribution is 2.18. The quantitative estimate of drug-likeness (QED) is 0.775. The van der Waals surface area contributed by atoms with Gasteiger partial charge in [-0.1, -0.05) is 41.6 Å². The van der Waals surface area contributed by atoms with Crippen LogP contribution in [0.5, 0.6) is 0 Å². The summed E-state index contributed by atoms with van der Waals surface area (Å²) in [6, 6.07) is 15.5. The number of aliphatic hydroxyl groups excluding tert-OH is 1. The molecule has 0 amide bonds. The van der Waals surface area contributed by atoms with E-state index in [2.05, 4.69) is 33.4 Å². The first-order chi connectivity index (χ1) is 12.2. The van der Waals surface area contributed by atoms with Gasteiger partial charge in [-0.15, -0.1) is 5.10 Å². The van der Waals surface area contributed by atoms with Crippen molar-refractivity contribution in [1.29, 1.82) is 0 Å². The first-order valence-corrected chi connectivity index (χ1v) is 8.50. The topological polar surface area (TPSA) is 71.2 Å². The third-order valence-electron chi connectivity index (χ3n) is 4.69. The van der Waals surface area contributed by atoms with Gasteiger partial charge in [-0.2, -0.15) is 0 Å². The summed E-state index contributed by atoms with van der Waals surface area (Å²) >= 11 is 0. The van der Waals surface area contributed by atoms with Gasteiger partial charge in [-0.3, -0.25) is 9.69 Å². The minimum absolute atomic E-state index is 0.148. The highest BCUT2D eigenvalue weighted by atomic mass is 16.3. The van der Waals surface area contributed by atoms with Gasteiger partial charge in [0.05, 0.1) is 18.0 Å². The van der Waals surface area contributed by atoms with Crippen molar-refractivity contribution in [2.24, 2.45) is 0 Å². The molecule has 0 bridgehead atoms. The predicted molar refractivity (Wildman–Crippen MR) is 95.2 cm³/mol. The second-order valence-electron chi connectivity index (χ2n) is 6.50. The Balaban J connectivity index is 1.45. The molecule has 2 heterocycles. The molecule has 0 unspecified atom stereocenters. The second kappa shape index (κ2) is 6.74. The number of aromatic nitrogens is 3. The Bertz CT molecular complexity index is 953. The molecule has 1 aromatic heterocycles. The molecule has 6 heteroatoms. The van der Waals surface area contributed by atoms with Crippen molar-refractivity contribution in [2.45, 2.75) is 25.6 Å². The van der Waals surface area contributed by atoms with Crippen molar-refractivity contribution in [3.8, 4) is 0 Å². The molecule has 0 fully saturated rings. The van der Waals surface area contributed by atoms with Gasteiger partial charge in [0.15, 0.2) is 0 Å². The number of benzene rings is 2. The molecule has 1 aliphatic heterocycles. The molecule has 1 atom stereocenters. The Labute approximate surface area is 145 Å². The lowest BCUT2D eigenvalue weighted by molar-refractivity contribution is 0.0870. The highest BCUT2D eigenvalue weighted by Gasteiger charge is 2.19. The van der Waals surface area contributed by atoms with Gasteiger partial charge in [0, 0.05) is 19.6 Å². The molecule has 4 rings (SSSR count). The van der Waals surface area contributed by atoms with Crippen LogP contribution in [0.4, 0.5) is 0 Å². The number of hydrogen-bond acceptors (Lipinski definition) is 5. The summed E-state index contributed by atoms with van der Waals surface area (Å²) in [7, 11) is 0. The monoisotopic (exact) mass is 336 g/mol. The Morgan fingerprint density at radius 3 is 2.68 bits per heavy atom. The van der Waals surface area contributed by atoms with E-state index in [9.17, 15) is 9.90 Å². The van der Waals surface area contributed by atoms with E-state index in [0.29, 0.717) is 17.4 Å². The van der Waals surface area contributed by atoms with E-state index in [-0.39, 0.29) is 12.1 Å². The average molecular weight is 336 g/mol. The van der Waals surface area contributed by atoms with Crippen molar-refractivity contribution in [3.05, 3.63) is 70.0 Å². The lowest BCUT2D eigenvalue weighted by atomic mass is 10.00. The fraction of sp³-hybridized carbons (Fsp3) is 0.316. The molecule has 25 heavy (non-hydrogen) atoms. The van der Waals surface area contributed by atoms with E-state index in [1.165, 1.54) is 15.8 Å². The van der Waals surface area contributed by atoms with Crippen LogP contribution in [0.3, 0.4) is 0 Å². The van der Waals surface area contributed by atoms with Gasteiger partial charge >= 0.3 is 0 Å². The molecule has 128 valence electrons. The summed E-state index contributed by atoms with van der Waals surface area (Å²) in [6.45, 7) is 2.39. The van der Waals surface area contributed by atoms with E-state index in [1.807, 2.05) is 12.1 Å². The van der Waals surface area contributed by atoms with E-state index >= 15 is 0 Å². The van der Waals surface area contributed by atoms with Gasteiger partial charge in [0.1, 0.15) is 5.52 Å². The molecule has 3 aromatic rings. The summed E-state index contributed by atoms with van der Waals surface area (Å²) < 4.78 is 1.25. The SMILES string of the molecule is O=c1c2ccccc2nnn1C[C@H](O)CN1CCc2ccccc2C1. The first-order valence-electron chi connectivity index (χ1n) is 8.50. The minimum atomic E-state index is -0.668. The normalized spacial score (nSPS) is 15.9. The zero-order chi connectivity index (χ0) is 17.2. The van der Waals surface area contributed by atoms with Crippen LogP contribution in [0.15, 0.2) is 53.3 Å². The van der Waals surface area contributed by atoms with Gasteiger partial charge in [-0.05, 0) is 29.7 Å². The molecule has 1 aliphatic rings. The van der Waals surface area contributed by atoms with E-state index in [4.69, 9.17) is 0 Å². The number of nitrogens with zero attached hydrogens (tertiary/aromatic N) is 4. The maximum atomic E-state index is 12.5. The summed E-state index contributed by atoms with van der Waals surface area (Å²) in [5, 5.41) is 19.0. The van der Waals surface area contributed by atoms with Crippen molar-refractivity contribution < 1.29 is 5.11 Å². The van der Waals surface area contributed by atoms with Crippen molar-refractivity contribution >= 4 is 10.9 Å². The molecule has 0 spiro atoms. The number of fused-ring (bicyclic) bond motifs is 2. The average Bonchev–Trinajstić information content (AvgIpc) is 2.64. The zero-order valence-corrected chi connectivity index (χ0v) is 13.9. The van der Waals surface area contributed by atoms with Crippen molar-refractivity contribution in [3.63, 3.8) is 0 Å². The maximum absolute atomic E-state index is 12.5. The molecule has 2 aromatic carbocycles. The second-order valence-corrected chi connectivity index (χ2v) is 6.50. The number of aliphatic hydroxyl groups is 1. The Morgan fingerprint density at radius 1 is 1.04 bits per heavy atom. The van der Waals surface area contributed by atoms with Gasteiger partial charge < -0.3 is 5.11 Å². The fourth-order valence-corrected chi connectivity index (χ4v) is 3.41. The standard InChI is InChI=1S/C19H20N4O2/c24-16(12-22-10-9-14-5-1-2-6-15(14)11-22)13-23-19(25)17-7-3-4-8-18(17)20-21-23/h1-8,16,24H,9-13H2/t16-/m1/s1. The smallest absolute Gasteiger partial charge is 0.277 e. The predicted octanol–water partition coefficient (Wildman–Crippen LogP) is 1.21. The molecular formula is C19H20N4O2. The molecule has 1 N–H and O–H groups in total. The van der Waals surface area contributed by atoms with Crippen LogP contribution >= 0.6 is 0 Å². The lowest BCUT2D eigenvalue weighted by Crippen LogP contribution is -2.40. The lowest BCUT2D eigenvalue weighted by Gasteiger charge is -2.30. The summed E-state index contributed by atoms with van der Waals surface area (Å²) in [5.74, 6) is 0. The highest BCUT2D eigenvalue weighted by molar-refractivity contribution is 5.76. The molecule has 0 radical (unpaired) electrons. The Hall–Kier alpha value is -2.57. The van der Waals surface area contributed by atoms with Gasteiger partial charge in [0.25, 0.3) is 5.56 Å². The van der Waals surface area contributed by atoms with Crippen LogP contribution in [-0.2, 0) is 19.5 Å². The summed E-state index contributed by atoms with van der Waals surface area (Å²) in [6.07, 6.45) is 0.317. The summed E-state index contributed by atoms with van der Waals surface area (Å²) in [5.41, 5.74) is 3.05. The van der Waals surface area contributed by atoms with Crippen molar-refractivity contribution in [2.75, 3.05) is 13.1 Å². The first kappa shape index (κ1) is 15.9. The molecular weight excluding hydrogens is 316 g/mol. The van der Waals surface area contributed by atoms with Crippen LogP contribution < -0.4 is 5.56 Å². The van der Waals surface area contributed by atoms with Gasteiger partial charge in [-0.25, -0.2) is 4.68 Å². The molecule has 0 saturated carbocycles. The van der Waals surface area contributed by atoms with Crippen LogP contribution in [0.1, 0.15) is 11.1 Å².